The van der Waals surface area contributed by atoms with Crippen LogP contribution < -0.4 is 10.2 Å². The van der Waals surface area contributed by atoms with Gasteiger partial charge in [-0.05, 0) is 37.8 Å². The molecule has 0 aliphatic carbocycles. The molecule has 1 aromatic carbocycles. The molecule has 0 aromatic heterocycles. The summed E-state index contributed by atoms with van der Waals surface area (Å²) < 4.78 is 0. The SMILES string of the molecule is CCCNC(C)c1ccccc1N(C)CCSC. The van der Waals surface area contributed by atoms with Gasteiger partial charge in [-0.1, -0.05) is 25.1 Å². The molecule has 0 amide bonds. The summed E-state index contributed by atoms with van der Waals surface area (Å²) in [6.45, 7) is 6.62. The molecule has 3 heteroatoms. The van der Waals surface area contributed by atoms with Crippen molar-refractivity contribution in [3.05, 3.63) is 29.8 Å². The van der Waals surface area contributed by atoms with E-state index in [9.17, 15) is 0 Å². The average molecular weight is 266 g/mol. The number of hydrogen-bond acceptors (Lipinski definition) is 3. The molecule has 0 aliphatic heterocycles. The molecule has 1 atom stereocenters. The van der Waals surface area contributed by atoms with Crippen molar-refractivity contribution in [3.8, 4) is 0 Å². The van der Waals surface area contributed by atoms with Crippen molar-refractivity contribution in [2.45, 2.75) is 26.3 Å². The molecule has 0 bridgehead atoms. The number of rotatable bonds is 8. The van der Waals surface area contributed by atoms with Crippen molar-refractivity contribution < 1.29 is 0 Å². The van der Waals surface area contributed by atoms with Gasteiger partial charge in [0.1, 0.15) is 0 Å². The standard InChI is InChI=1S/C15H26N2S/c1-5-10-16-13(2)14-8-6-7-9-15(14)17(3)11-12-18-4/h6-9,13,16H,5,10-12H2,1-4H3. The highest BCUT2D eigenvalue weighted by molar-refractivity contribution is 7.98. The molecule has 0 heterocycles. The van der Waals surface area contributed by atoms with E-state index in [-0.39, 0.29) is 0 Å². The van der Waals surface area contributed by atoms with Gasteiger partial charge >= 0.3 is 0 Å². The molecule has 0 radical (unpaired) electrons. The van der Waals surface area contributed by atoms with Gasteiger partial charge in [0.15, 0.2) is 0 Å². The van der Waals surface area contributed by atoms with E-state index in [0.717, 1.165) is 13.1 Å². The maximum Gasteiger partial charge on any atom is 0.0412 e. The van der Waals surface area contributed by atoms with E-state index in [1.54, 1.807) is 0 Å². The molecule has 0 saturated heterocycles. The Hall–Kier alpha value is -0.670. The zero-order valence-corrected chi connectivity index (χ0v) is 12.9. The van der Waals surface area contributed by atoms with Gasteiger partial charge in [-0.15, -0.1) is 0 Å². The van der Waals surface area contributed by atoms with Crippen LogP contribution in [0.25, 0.3) is 0 Å². The first kappa shape index (κ1) is 15.4. The fourth-order valence-electron chi connectivity index (χ4n) is 2.02. The van der Waals surface area contributed by atoms with Crippen LogP contribution in [0.4, 0.5) is 5.69 Å². The second-order valence-electron chi connectivity index (χ2n) is 4.65. The van der Waals surface area contributed by atoms with Crippen LogP contribution in [0.3, 0.4) is 0 Å². The van der Waals surface area contributed by atoms with Gasteiger partial charge in [-0.25, -0.2) is 0 Å². The topological polar surface area (TPSA) is 15.3 Å². The highest BCUT2D eigenvalue weighted by Gasteiger charge is 2.11. The molecule has 0 spiro atoms. The predicted octanol–water partition coefficient (Wildman–Crippen LogP) is 3.55. The monoisotopic (exact) mass is 266 g/mol. The van der Waals surface area contributed by atoms with Gasteiger partial charge < -0.3 is 10.2 Å². The first-order valence-corrected chi connectivity index (χ1v) is 8.12. The number of para-hydroxylation sites is 1. The van der Waals surface area contributed by atoms with Crippen LogP contribution in [-0.4, -0.2) is 32.1 Å². The Balaban J connectivity index is 2.77. The number of nitrogens with zero attached hydrogens (tertiary/aromatic N) is 1. The molecule has 102 valence electrons. The van der Waals surface area contributed by atoms with Crippen molar-refractivity contribution in [2.75, 3.05) is 37.0 Å². The van der Waals surface area contributed by atoms with E-state index in [1.807, 2.05) is 11.8 Å². The molecule has 1 unspecified atom stereocenters. The lowest BCUT2D eigenvalue weighted by Crippen LogP contribution is -2.25. The highest BCUT2D eigenvalue weighted by Crippen LogP contribution is 2.25. The van der Waals surface area contributed by atoms with E-state index < -0.39 is 0 Å². The zero-order valence-electron chi connectivity index (χ0n) is 12.1. The first-order valence-electron chi connectivity index (χ1n) is 6.73. The summed E-state index contributed by atoms with van der Waals surface area (Å²) in [6.07, 6.45) is 3.33. The fourth-order valence-corrected chi connectivity index (χ4v) is 2.48. The largest absolute Gasteiger partial charge is 0.373 e. The van der Waals surface area contributed by atoms with Crippen LogP contribution >= 0.6 is 11.8 Å². The molecule has 2 nitrogen and oxygen atoms in total. The van der Waals surface area contributed by atoms with Crippen molar-refractivity contribution in [3.63, 3.8) is 0 Å². The molecular weight excluding hydrogens is 240 g/mol. The second kappa shape index (κ2) is 8.44. The summed E-state index contributed by atoms with van der Waals surface area (Å²) in [4.78, 5) is 2.36. The van der Waals surface area contributed by atoms with Crippen LogP contribution in [0.15, 0.2) is 24.3 Å². The van der Waals surface area contributed by atoms with Crippen molar-refractivity contribution in [2.24, 2.45) is 0 Å². The number of anilines is 1. The van der Waals surface area contributed by atoms with E-state index >= 15 is 0 Å². The van der Waals surface area contributed by atoms with Gasteiger partial charge in [0.25, 0.3) is 0 Å². The highest BCUT2D eigenvalue weighted by atomic mass is 32.2. The van der Waals surface area contributed by atoms with Crippen molar-refractivity contribution in [1.82, 2.24) is 5.32 Å². The number of thioether (sulfide) groups is 1. The third kappa shape index (κ3) is 4.54. The van der Waals surface area contributed by atoms with Crippen LogP contribution in [-0.2, 0) is 0 Å². The lowest BCUT2D eigenvalue weighted by atomic mass is 10.1. The average Bonchev–Trinajstić information content (AvgIpc) is 2.42. The van der Waals surface area contributed by atoms with E-state index in [2.05, 4.69) is 61.6 Å². The Kier molecular flexibility index (Phi) is 7.21. The van der Waals surface area contributed by atoms with Gasteiger partial charge in [-0.2, -0.15) is 11.8 Å². The third-order valence-electron chi connectivity index (χ3n) is 3.15. The van der Waals surface area contributed by atoms with E-state index in [0.29, 0.717) is 6.04 Å². The van der Waals surface area contributed by atoms with Crippen LogP contribution in [0, 0.1) is 0 Å². The lowest BCUT2D eigenvalue weighted by molar-refractivity contribution is 0.570. The number of nitrogens with one attached hydrogen (secondary N) is 1. The summed E-state index contributed by atoms with van der Waals surface area (Å²) in [7, 11) is 2.18. The summed E-state index contributed by atoms with van der Waals surface area (Å²) in [5.74, 6) is 1.17. The second-order valence-corrected chi connectivity index (χ2v) is 5.63. The minimum atomic E-state index is 0.415. The maximum absolute atomic E-state index is 3.57. The van der Waals surface area contributed by atoms with Crippen LogP contribution in [0.1, 0.15) is 31.9 Å². The molecule has 1 rings (SSSR count). The minimum Gasteiger partial charge on any atom is -0.373 e. The maximum atomic E-state index is 3.57. The molecule has 1 aromatic rings. The molecule has 18 heavy (non-hydrogen) atoms. The molecule has 0 fully saturated rings. The van der Waals surface area contributed by atoms with Crippen molar-refractivity contribution in [1.29, 1.82) is 0 Å². The molecular formula is C15H26N2S. The Labute approximate surface area is 116 Å². The summed E-state index contributed by atoms with van der Waals surface area (Å²) in [6, 6.07) is 9.13. The lowest BCUT2D eigenvalue weighted by Gasteiger charge is -2.25. The molecule has 0 aliphatic rings. The number of benzene rings is 1. The Morgan fingerprint density at radius 3 is 2.72 bits per heavy atom. The molecule has 0 saturated carbocycles. The van der Waals surface area contributed by atoms with Gasteiger partial charge in [0.2, 0.25) is 0 Å². The summed E-state index contributed by atoms with van der Waals surface area (Å²) in [5.41, 5.74) is 2.75. The number of hydrogen-bond donors (Lipinski definition) is 1. The van der Waals surface area contributed by atoms with Crippen LogP contribution in [0.2, 0.25) is 0 Å². The van der Waals surface area contributed by atoms with Crippen molar-refractivity contribution >= 4 is 17.4 Å². The van der Waals surface area contributed by atoms with Gasteiger partial charge in [-0.3, -0.25) is 0 Å². The quantitative estimate of drug-likeness (QED) is 0.774. The Morgan fingerprint density at radius 1 is 1.33 bits per heavy atom. The van der Waals surface area contributed by atoms with Gasteiger partial charge in [0, 0.05) is 31.1 Å². The summed E-state index contributed by atoms with van der Waals surface area (Å²) in [5, 5.41) is 3.57. The predicted molar refractivity (Wildman–Crippen MR) is 84.8 cm³/mol. The van der Waals surface area contributed by atoms with E-state index in [4.69, 9.17) is 0 Å². The molecule has 1 N–H and O–H groups in total. The normalized spacial score (nSPS) is 12.4. The first-order chi connectivity index (χ1) is 8.70. The zero-order chi connectivity index (χ0) is 13.4. The fraction of sp³-hybridized carbons (Fsp3) is 0.600. The Morgan fingerprint density at radius 2 is 2.06 bits per heavy atom. The smallest absolute Gasteiger partial charge is 0.0412 e. The third-order valence-corrected chi connectivity index (χ3v) is 3.74. The van der Waals surface area contributed by atoms with Crippen LogP contribution in [0.5, 0.6) is 0 Å². The van der Waals surface area contributed by atoms with E-state index in [1.165, 1.54) is 23.4 Å². The minimum absolute atomic E-state index is 0.415. The Bertz CT molecular complexity index is 308. The van der Waals surface area contributed by atoms with Gasteiger partial charge in [0.05, 0.1) is 0 Å². The summed E-state index contributed by atoms with van der Waals surface area (Å²) >= 11 is 1.90.